The lowest BCUT2D eigenvalue weighted by molar-refractivity contribution is 0.129. The summed E-state index contributed by atoms with van der Waals surface area (Å²) < 4.78 is 0. The van der Waals surface area contributed by atoms with Crippen molar-refractivity contribution < 1.29 is 0 Å². The fourth-order valence-electron chi connectivity index (χ4n) is 2.21. The molecule has 0 rings (SSSR count). The lowest BCUT2D eigenvalue weighted by Crippen LogP contribution is -2.48. The minimum atomic E-state index is 0.592. The van der Waals surface area contributed by atoms with Crippen molar-refractivity contribution in [1.29, 1.82) is 0 Å². The van der Waals surface area contributed by atoms with Crippen LogP contribution in [0.3, 0.4) is 0 Å². The van der Waals surface area contributed by atoms with E-state index in [1.54, 1.807) is 0 Å². The van der Waals surface area contributed by atoms with E-state index in [9.17, 15) is 0 Å². The standard InChI is InChI=1S/C15H34N2/c1-7-10-11-17(14(6)8-2)15(9-3)12-16-13(4)5/h13-16H,7-12H2,1-6H3. The van der Waals surface area contributed by atoms with Gasteiger partial charge in [-0.2, -0.15) is 0 Å². The van der Waals surface area contributed by atoms with Gasteiger partial charge in [-0.3, -0.25) is 4.90 Å². The van der Waals surface area contributed by atoms with Gasteiger partial charge in [-0.25, -0.2) is 0 Å². The third kappa shape index (κ3) is 7.05. The average molecular weight is 242 g/mol. The van der Waals surface area contributed by atoms with Crippen LogP contribution in [0, 0.1) is 0 Å². The molecular formula is C15H34N2. The molecule has 0 aliphatic carbocycles. The Kier molecular flexibility index (Phi) is 9.85. The Labute approximate surface area is 109 Å². The van der Waals surface area contributed by atoms with Crippen molar-refractivity contribution in [3.8, 4) is 0 Å². The molecule has 0 aliphatic rings. The second-order valence-electron chi connectivity index (χ2n) is 5.47. The van der Waals surface area contributed by atoms with Crippen LogP contribution in [-0.4, -0.2) is 36.1 Å². The highest BCUT2D eigenvalue weighted by atomic mass is 15.2. The first-order valence-corrected chi connectivity index (χ1v) is 7.55. The SMILES string of the molecule is CCCCN(C(C)CC)C(CC)CNC(C)C. The van der Waals surface area contributed by atoms with E-state index in [1.165, 1.54) is 32.2 Å². The van der Waals surface area contributed by atoms with Gasteiger partial charge in [-0.05, 0) is 32.7 Å². The Morgan fingerprint density at radius 1 is 1.00 bits per heavy atom. The van der Waals surface area contributed by atoms with E-state index >= 15 is 0 Å². The van der Waals surface area contributed by atoms with E-state index in [4.69, 9.17) is 0 Å². The average Bonchev–Trinajstić information content (AvgIpc) is 2.32. The number of nitrogens with zero attached hydrogens (tertiary/aromatic N) is 1. The minimum absolute atomic E-state index is 0.592. The van der Waals surface area contributed by atoms with Gasteiger partial charge in [0.2, 0.25) is 0 Å². The molecule has 0 aromatic rings. The lowest BCUT2D eigenvalue weighted by atomic mass is 10.1. The second-order valence-corrected chi connectivity index (χ2v) is 5.47. The van der Waals surface area contributed by atoms with E-state index in [1.807, 2.05) is 0 Å². The van der Waals surface area contributed by atoms with E-state index in [0.717, 1.165) is 6.54 Å². The Morgan fingerprint density at radius 3 is 2.06 bits per heavy atom. The van der Waals surface area contributed by atoms with Crippen LogP contribution in [0.1, 0.15) is 67.2 Å². The zero-order chi connectivity index (χ0) is 13.3. The Hall–Kier alpha value is -0.0800. The molecule has 0 aliphatic heterocycles. The molecule has 0 amide bonds. The van der Waals surface area contributed by atoms with Gasteiger partial charge >= 0.3 is 0 Å². The van der Waals surface area contributed by atoms with E-state index < -0.39 is 0 Å². The van der Waals surface area contributed by atoms with Crippen LogP contribution in [0.25, 0.3) is 0 Å². The van der Waals surface area contributed by atoms with Crippen LogP contribution in [0.15, 0.2) is 0 Å². The highest BCUT2D eigenvalue weighted by molar-refractivity contribution is 4.78. The summed E-state index contributed by atoms with van der Waals surface area (Å²) in [6, 6.07) is 1.99. The molecule has 0 saturated carbocycles. The van der Waals surface area contributed by atoms with E-state index in [2.05, 4.69) is 51.8 Å². The van der Waals surface area contributed by atoms with Crippen molar-refractivity contribution in [3.63, 3.8) is 0 Å². The molecule has 0 aromatic heterocycles. The maximum absolute atomic E-state index is 3.59. The highest BCUT2D eigenvalue weighted by Gasteiger charge is 2.20. The van der Waals surface area contributed by atoms with E-state index in [0.29, 0.717) is 18.1 Å². The Bertz CT molecular complexity index is 168. The summed E-state index contributed by atoms with van der Waals surface area (Å²) in [5.41, 5.74) is 0. The van der Waals surface area contributed by atoms with Crippen molar-refractivity contribution in [2.45, 2.75) is 85.4 Å². The molecule has 2 atom stereocenters. The van der Waals surface area contributed by atoms with Crippen molar-refractivity contribution in [1.82, 2.24) is 10.2 Å². The first-order chi connectivity index (χ1) is 8.06. The van der Waals surface area contributed by atoms with E-state index in [-0.39, 0.29) is 0 Å². The molecule has 0 radical (unpaired) electrons. The fraction of sp³-hybridized carbons (Fsp3) is 1.00. The van der Waals surface area contributed by atoms with Crippen molar-refractivity contribution in [3.05, 3.63) is 0 Å². The molecule has 0 aromatic carbocycles. The zero-order valence-electron chi connectivity index (χ0n) is 12.9. The number of hydrogen-bond acceptors (Lipinski definition) is 2. The normalized spacial score (nSPS) is 15.5. The van der Waals surface area contributed by atoms with Crippen molar-refractivity contribution in [2.24, 2.45) is 0 Å². The van der Waals surface area contributed by atoms with Gasteiger partial charge in [-0.15, -0.1) is 0 Å². The van der Waals surface area contributed by atoms with Gasteiger partial charge in [-0.1, -0.05) is 41.0 Å². The predicted molar refractivity (Wildman–Crippen MR) is 78.6 cm³/mol. The van der Waals surface area contributed by atoms with Gasteiger partial charge in [0.15, 0.2) is 0 Å². The fourth-order valence-corrected chi connectivity index (χ4v) is 2.21. The predicted octanol–water partition coefficient (Wildman–Crippen LogP) is 3.66. The monoisotopic (exact) mass is 242 g/mol. The van der Waals surface area contributed by atoms with Crippen LogP contribution in [0.2, 0.25) is 0 Å². The van der Waals surface area contributed by atoms with Crippen molar-refractivity contribution >= 4 is 0 Å². The maximum atomic E-state index is 3.59. The molecular weight excluding hydrogens is 208 g/mol. The van der Waals surface area contributed by atoms with Crippen LogP contribution < -0.4 is 5.32 Å². The molecule has 2 unspecified atom stereocenters. The van der Waals surface area contributed by atoms with Gasteiger partial charge < -0.3 is 5.32 Å². The summed E-state index contributed by atoms with van der Waals surface area (Å²) in [4.78, 5) is 2.71. The summed E-state index contributed by atoms with van der Waals surface area (Å²) in [5, 5.41) is 3.59. The third-order valence-corrected chi connectivity index (χ3v) is 3.63. The maximum Gasteiger partial charge on any atom is 0.0220 e. The number of rotatable bonds is 10. The highest BCUT2D eigenvalue weighted by Crippen LogP contribution is 2.13. The second kappa shape index (κ2) is 9.90. The smallest absolute Gasteiger partial charge is 0.0220 e. The number of unbranched alkanes of at least 4 members (excludes halogenated alkanes) is 1. The van der Waals surface area contributed by atoms with Crippen LogP contribution >= 0.6 is 0 Å². The zero-order valence-corrected chi connectivity index (χ0v) is 12.9. The molecule has 0 spiro atoms. The minimum Gasteiger partial charge on any atom is -0.313 e. The molecule has 1 N–H and O–H groups in total. The van der Waals surface area contributed by atoms with Gasteiger partial charge in [0.25, 0.3) is 0 Å². The molecule has 2 heteroatoms. The topological polar surface area (TPSA) is 15.3 Å². The summed E-state index contributed by atoms with van der Waals surface area (Å²) in [6.45, 7) is 16.1. The summed E-state index contributed by atoms with van der Waals surface area (Å²) in [5.74, 6) is 0. The number of nitrogens with one attached hydrogen (secondary N) is 1. The van der Waals surface area contributed by atoms with Crippen LogP contribution in [-0.2, 0) is 0 Å². The van der Waals surface area contributed by atoms with Gasteiger partial charge in [0.1, 0.15) is 0 Å². The quantitative estimate of drug-likeness (QED) is 0.629. The molecule has 2 nitrogen and oxygen atoms in total. The molecule has 0 fully saturated rings. The first-order valence-electron chi connectivity index (χ1n) is 7.55. The Morgan fingerprint density at radius 2 is 1.65 bits per heavy atom. The summed E-state index contributed by atoms with van der Waals surface area (Å²) in [7, 11) is 0. The molecule has 0 heterocycles. The van der Waals surface area contributed by atoms with Gasteiger partial charge in [0, 0.05) is 24.7 Å². The van der Waals surface area contributed by atoms with Crippen LogP contribution in [0.4, 0.5) is 0 Å². The summed E-state index contributed by atoms with van der Waals surface area (Å²) >= 11 is 0. The largest absolute Gasteiger partial charge is 0.313 e. The number of hydrogen-bond donors (Lipinski definition) is 1. The Balaban J connectivity index is 4.37. The summed E-state index contributed by atoms with van der Waals surface area (Å²) in [6.07, 6.45) is 5.11. The lowest BCUT2D eigenvalue weighted by Gasteiger charge is -2.36. The molecule has 0 bridgehead atoms. The first kappa shape index (κ1) is 16.9. The van der Waals surface area contributed by atoms with Crippen LogP contribution in [0.5, 0.6) is 0 Å². The molecule has 104 valence electrons. The molecule has 17 heavy (non-hydrogen) atoms. The van der Waals surface area contributed by atoms with Gasteiger partial charge in [0.05, 0.1) is 0 Å². The third-order valence-electron chi connectivity index (χ3n) is 3.63. The van der Waals surface area contributed by atoms with Crippen molar-refractivity contribution in [2.75, 3.05) is 13.1 Å². The molecule has 0 saturated heterocycles.